The molecule has 0 saturated heterocycles. The van der Waals surface area contributed by atoms with Gasteiger partial charge in [0, 0.05) is 6.08 Å². The zero-order valence-electron chi connectivity index (χ0n) is 7.82. The summed E-state index contributed by atoms with van der Waals surface area (Å²) in [5.74, 6) is -1.29. The third kappa shape index (κ3) is 2.97. The van der Waals surface area contributed by atoms with Gasteiger partial charge in [0.25, 0.3) is 0 Å². The predicted molar refractivity (Wildman–Crippen MR) is 50.3 cm³/mol. The molecule has 1 aromatic heterocycles. The lowest BCUT2D eigenvalue weighted by Crippen LogP contribution is -2.09. The number of anilines is 1. The van der Waals surface area contributed by atoms with E-state index in [0.717, 1.165) is 18.2 Å². The summed E-state index contributed by atoms with van der Waals surface area (Å²) in [5.41, 5.74) is 3.98. The van der Waals surface area contributed by atoms with Crippen LogP contribution in [0.4, 0.5) is 18.9 Å². The highest BCUT2D eigenvalue weighted by Crippen LogP contribution is 2.28. The molecule has 0 fully saturated rings. The number of hydrogen-bond acceptors (Lipinski definition) is 3. The van der Waals surface area contributed by atoms with Gasteiger partial charge in [0.05, 0.1) is 11.4 Å². The van der Waals surface area contributed by atoms with Gasteiger partial charge in [0.15, 0.2) is 0 Å². The molecule has 16 heavy (non-hydrogen) atoms. The SMILES string of the molecule is Nc1ccc(C(F)(F)F)nc1/C=C/C(=O)O. The first-order valence-corrected chi connectivity index (χ1v) is 4.05. The van der Waals surface area contributed by atoms with Crippen LogP contribution >= 0.6 is 0 Å². The molecule has 1 aromatic rings. The van der Waals surface area contributed by atoms with E-state index in [1.54, 1.807) is 0 Å². The molecule has 7 heteroatoms. The zero-order valence-corrected chi connectivity index (χ0v) is 7.82. The Kier molecular flexibility index (Phi) is 3.17. The van der Waals surface area contributed by atoms with Crippen LogP contribution in [0.3, 0.4) is 0 Å². The molecule has 0 bridgehead atoms. The summed E-state index contributed by atoms with van der Waals surface area (Å²) in [6.07, 6.45) is -3.01. The summed E-state index contributed by atoms with van der Waals surface area (Å²) >= 11 is 0. The fourth-order valence-electron chi connectivity index (χ4n) is 0.927. The molecule has 0 aliphatic carbocycles. The van der Waals surface area contributed by atoms with Gasteiger partial charge in [0.2, 0.25) is 0 Å². The Bertz CT molecular complexity index is 441. The lowest BCUT2D eigenvalue weighted by molar-refractivity contribution is -0.141. The van der Waals surface area contributed by atoms with E-state index in [4.69, 9.17) is 10.8 Å². The van der Waals surface area contributed by atoms with E-state index in [-0.39, 0.29) is 11.4 Å². The zero-order chi connectivity index (χ0) is 12.3. The van der Waals surface area contributed by atoms with E-state index in [0.29, 0.717) is 6.08 Å². The Morgan fingerprint density at radius 1 is 1.44 bits per heavy atom. The van der Waals surface area contributed by atoms with Gasteiger partial charge in [-0.2, -0.15) is 13.2 Å². The number of carboxylic acids is 1. The van der Waals surface area contributed by atoms with Crippen molar-refractivity contribution < 1.29 is 23.1 Å². The number of aliphatic carboxylic acids is 1. The fourth-order valence-corrected chi connectivity index (χ4v) is 0.927. The van der Waals surface area contributed by atoms with Gasteiger partial charge < -0.3 is 10.8 Å². The van der Waals surface area contributed by atoms with Crippen LogP contribution in [0.15, 0.2) is 18.2 Å². The molecule has 3 N–H and O–H groups in total. The van der Waals surface area contributed by atoms with Crippen molar-refractivity contribution >= 4 is 17.7 Å². The number of carbonyl (C=O) groups is 1. The van der Waals surface area contributed by atoms with E-state index in [9.17, 15) is 18.0 Å². The van der Waals surface area contributed by atoms with Gasteiger partial charge in [-0.3, -0.25) is 0 Å². The number of nitrogen functional groups attached to an aromatic ring is 1. The van der Waals surface area contributed by atoms with Crippen LogP contribution in [0.5, 0.6) is 0 Å². The number of nitrogens with zero attached hydrogens (tertiary/aromatic N) is 1. The van der Waals surface area contributed by atoms with Crippen molar-refractivity contribution in [3.05, 3.63) is 29.6 Å². The molecule has 0 aliphatic heterocycles. The first-order chi connectivity index (χ1) is 7.30. The molecule has 0 atom stereocenters. The van der Waals surface area contributed by atoms with Crippen molar-refractivity contribution in [1.29, 1.82) is 0 Å². The Hall–Kier alpha value is -2.05. The van der Waals surface area contributed by atoms with Crippen LogP contribution in [0.2, 0.25) is 0 Å². The summed E-state index contributed by atoms with van der Waals surface area (Å²) < 4.78 is 36.8. The molecule has 0 spiro atoms. The summed E-state index contributed by atoms with van der Waals surface area (Å²) in [4.78, 5) is 13.4. The maximum Gasteiger partial charge on any atom is 0.433 e. The molecule has 0 aliphatic rings. The van der Waals surface area contributed by atoms with Gasteiger partial charge in [-0.15, -0.1) is 0 Å². The molecule has 86 valence electrons. The third-order valence-corrected chi connectivity index (χ3v) is 1.63. The average molecular weight is 232 g/mol. The number of aromatic nitrogens is 1. The van der Waals surface area contributed by atoms with Gasteiger partial charge in [-0.25, -0.2) is 9.78 Å². The summed E-state index contributed by atoms with van der Waals surface area (Å²) in [7, 11) is 0. The van der Waals surface area contributed by atoms with E-state index in [1.807, 2.05) is 0 Å². The van der Waals surface area contributed by atoms with Crippen LogP contribution in [-0.2, 0) is 11.0 Å². The Balaban J connectivity index is 3.14. The van der Waals surface area contributed by atoms with Crippen molar-refractivity contribution in [3.63, 3.8) is 0 Å². The van der Waals surface area contributed by atoms with Crippen LogP contribution in [0, 0.1) is 0 Å². The number of nitrogens with two attached hydrogens (primary N) is 1. The van der Waals surface area contributed by atoms with Crippen molar-refractivity contribution in [2.75, 3.05) is 5.73 Å². The molecule has 0 radical (unpaired) electrons. The van der Waals surface area contributed by atoms with Crippen molar-refractivity contribution in [1.82, 2.24) is 4.98 Å². The number of halogens is 3. The molecular formula is C9H7F3N2O2. The maximum atomic E-state index is 12.3. The van der Waals surface area contributed by atoms with E-state index in [1.165, 1.54) is 0 Å². The third-order valence-electron chi connectivity index (χ3n) is 1.63. The van der Waals surface area contributed by atoms with Crippen LogP contribution in [-0.4, -0.2) is 16.1 Å². The highest BCUT2D eigenvalue weighted by molar-refractivity contribution is 5.86. The molecule has 0 amide bonds. The number of alkyl halides is 3. The molecular weight excluding hydrogens is 225 g/mol. The molecule has 1 heterocycles. The molecule has 0 aromatic carbocycles. The Morgan fingerprint density at radius 2 is 2.06 bits per heavy atom. The second kappa shape index (κ2) is 4.21. The van der Waals surface area contributed by atoms with Gasteiger partial charge in [-0.05, 0) is 18.2 Å². The quantitative estimate of drug-likeness (QED) is 0.762. The van der Waals surface area contributed by atoms with Gasteiger partial charge in [-0.1, -0.05) is 0 Å². The van der Waals surface area contributed by atoms with Crippen molar-refractivity contribution in [3.8, 4) is 0 Å². The molecule has 1 rings (SSSR count). The second-order valence-corrected chi connectivity index (χ2v) is 2.84. The summed E-state index contributed by atoms with van der Waals surface area (Å²) in [5, 5.41) is 8.32. The van der Waals surface area contributed by atoms with Gasteiger partial charge >= 0.3 is 12.1 Å². The molecule has 0 unspecified atom stereocenters. The highest BCUT2D eigenvalue weighted by atomic mass is 19.4. The first kappa shape index (κ1) is 12.0. The van der Waals surface area contributed by atoms with Crippen LogP contribution < -0.4 is 5.73 Å². The number of rotatable bonds is 2. The predicted octanol–water partition coefficient (Wildman–Crippen LogP) is 1.78. The maximum absolute atomic E-state index is 12.3. The van der Waals surface area contributed by atoms with Crippen LogP contribution in [0.1, 0.15) is 11.4 Å². The smallest absolute Gasteiger partial charge is 0.433 e. The number of pyridine rings is 1. The standard InChI is InChI=1S/C9H7F3N2O2/c10-9(11,12)7-3-1-5(13)6(14-7)2-4-8(15)16/h1-4H,13H2,(H,15,16)/b4-2+. The largest absolute Gasteiger partial charge is 0.478 e. The highest BCUT2D eigenvalue weighted by Gasteiger charge is 2.32. The summed E-state index contributed by atoms with van der Waals surface area (Å²) in [6, 6.07) is 1.75. The second-order valence-electron chi connectivity index (χ2n) is 2.84. The fraction of sp³-hybridized carbons (Fsp3) is 0.111. The Labute approximate surface area is 88.2 Å². The molecule has 0 saturated carbocycles. The van der Waals surface area contributed by atoms with Crippen molar-refractivity contribution in [2.24, 2.45) is 0 Å². The number of hydrogen-bond donors (Lipinski definition) is 2. The lowest BCUT2D eigenvalue weighted by Gasteiger charge is -2.07. The molecule has 4 nitrogen and oxygen atoms in total. The Morgan fingerprint density at radius 3 is 2.56 bits per heavy atom. The topological polar surface area (TPSA) is 76.2 Å². The minimum absolute atomic E-state index is 0.0227. The summed E-state index contributed by atoms with van der Waals surface area (Å²) in [6.45, 7) is 0. The van der Waals surface area contributed by atoms with E-state index in [2.05, 4.69) is 4.98 Å². The van der Waals surface area contributed by atoms with Gasteiger partial charge in [0.1, 0.15) is 5.69 Å². The monoisotopic (exact) mass is 232 g/mol. The van der Waals surface area contributed by atoms with Crippen LogP contribution in [0.25, 0.3) is 6.08 Å². The minimum Gasteiger partial charge on any atom is -0.478 e. The van der Waals surface area contributed by atoms with Crippen molar-refractivity contribution in [2.45, 2.75) is 6.18 Å². The normalized spacial score (nSPS) is 11.9. The first-order valence-electron chi connectivity index (χ1n) is 4.05. The lowest BCUT2D eigenvalue weighted by atomic mass is 10.2. The minimum atomic E-state index is -4.58. The van der Waals surface area contributed by atoms with E-state index >= 15 is 0 Å². The number of carboxylic acid groups (broad SMARTS) is 1. The van der Waals surface area contributed by atoms with E-state index < -0.39 is 17.8 Å². The average Bonchev–Trinajstić information content (AvgIpc) is 2.14.